The topological polar surface area (TPSA) is 35.5 Å². The van der Waals surface area contributed by atoms with Crippen LogP contribution < -0.4 is 0 Å². The van der Waals surface area contributed by atoms with Gasteiger partial charge in [-0.15, -0.1) is 0 Å². The summed E-state index contributed by atoms with van der Waals surface area (Å²) in [6.07, 6.45) is -0.993. The standard InChI is InChI=1S/C14H16ClFO3/c1-3-10-11(14(2,16)13(15)18-10)19-12(17)9-7-5-4-6-8-9/h4-8,10-11,13H,3H2,1-2H3/t10-,11-,13?,14-/m1/s1. The van der Waals surface area contributed by atoms with E-state index in [2.05, 4.69) is 0 Å². The molecular weight excluding hydrogens is 271 g/mol. The predicted molar refractivity (Wildman–Crippen MR) is 70.0 cm³/mol. The summed E-state index contributed by atoms with van der Waals surface area (Å²) in [5, 5.41) is 0. The molecular formula is C14H16ClFO3. The van der Waals surface area contributed by atoms with Crippen LogP contribution in [0.1, 0.15) is 30.6 Å². The average Bonchev–Trinajstić information content (AvgIpc) is 2.63. The molecule has 4 atom stereocenters. The Hall–Kier alpha value is -1.13. The first-order chi connectivity index (χ1) is 8.96. The molecule has 0 aromatic heterocycles. The molecule has 0 radical (unpaired) electrons. The van der Waals surface area contributed by atoms with Gasteiger partial charge in [-0.25, -0.2) is 9.18 Å². The molecule has 0 aliphatic carbocycles. The fourth-order valence-electron chi connectivity index (χ4n) is 2.11. The number of carbonyl (C=O) groups excluding carboxylic acids is 1. The molecule has 1 fully saturated rings. The molecule has 3 nitrogen and oxygen atoms in total. The van der Waals surface area contributed by atoms with E-state index in [1.165, 1.54) is 6.92 Å². The SMILES string of the molecule is CC[C@H]1OC(Cl)[C@](C)(F)[C@@H]1OC(=O)c1ccccc1. The second-order valence-electron chi connectivity index (χ2n) is 4.74. The Balaban J connectivity index is 2.15. The van der Waals surface area contributed by atoms with Gasteiger partial charge in [0.05, 0.1) is 11.7 Å². The summed E-state index contributed by atoms with van der Waals surface area (Å²) < 4.78 is 25.0. The smallest absolute Gasteiger partial charge is 0.338 e. The van der Waals surface area contributed by atoms with Gasteiger partial charge < -0.3 is 9.47 Å². The maximum absolute atomic E-state index is 14.4. The molecule has 1 aliphatic heterocycles. The minimum Gasteiger partial charge on any atom is -0.452 e. The van der Waals surface area contributed by atoms with Crippen LogP contribution in [-0.2, 0) is 9.47 Å². The Morgan fingerprint density at radius 2 is 2.11 bits per heavy atom. The largest absolute Gasteiger partial charge is 0.452 e. The van der Waals surface area contributed by atoms with Crippen LogP contribution in [0.25, 0.3) is 0 Å². The van der Waals surface area contributed by atoms with E-state index in [1.807, 2.05) is 6.92 Å². The van der Waals surface area contributed by atoms with Gasteiger partial charge in [0.2, 0.25) is 0 Å². The van der Waals surface area contributed by atoms with Gasteiger partial charge in [-0.05, 0) is 25.5 Å². The number of benzene rings is 1. The van der Waals surface area contributed by atoms with Crippen LogP contribution in [0.5, 0.6) is 0 Å². The summed E-state index contributed by atoms with van der Waals surface area (Å²) in [7, 11) is 0. The zero-order valence-corrected chi connectivity index (χ0v) is 11.6. The summed E-state index contributed by atoms with van der Waals surface area (Å²) in [5.41, 5.74) is -2.62. The molecule has 1 heterocycles. The summed E-state index contributed by atoms with van der Waals surface area (Å²) in [5.74, 6) is -0.567. The van der Waals surface area contributed by atoms with Gasteiger partial charge in [-0.2, -0.15) is 0 Å². The number of hydrogen-bond acceptors (Lipinski definition) is 3. The third-order valence-corrected chi connectivity index (χ3v) is 3.81. The average molecular weight is 287 g/mol. The number of rotatable bonds is 3. The van der Waals surface area contributed by atoms with Crippen molar-refractivity contribution < 1.29 is 18.7 Å². The highest BCUT2D eigenvalue weighted by molar-refractivity contribution is 6.20. The van der Waals surface area contributed by atoms with Crippen molar-refractivity contribution in [3.8, 4) is 0 Å². The minimum atomic E-state index is -1.90. The number of alkyl halides is 2. The molecule has 1 aromatic carbocycles. The molecule has 0 N–H and O–H groups in total. The predicted octanol–water partition coefficient (Wildman–Crippen LogP) is 3.31. The van der Waals surface area contributed by atoms with Gasteiger partial charge in [0.15, 0.2) is 17.3 Å². The Bertz CT molecular complexity index is 449. The van der Waals surface area contributed by atoms with Gasteiger partial charge in [0.1, 0.15) is 0 Å². The van der Waals surface area contributed by atoms with Crippen molar-refractivity contribution in [2.45, 2.75) is 43.7 Å². The first-order valence-electron chi connectivity index (χ1n) is 6.21. The van der Waals surface area contributed by atoms with Crippen molar-refractivity contribution in [3.63, 3.8) is 0 Å². The summed E-state index contributed by atoms with van der Waals surface area (Å²) >= 11 is 5.81. The van der Waals surface area contributed by atoms with E-state index in [0.29, 0.717) is 12.0 Å². The molecule has 1 aliphatic rings. The van der Waals surface area contributed by atoms with E-state index in [1.54, 1.807) is 30.3 Å². The molecule has 0 saturated carbocycles. The molecule has 1 saturated heterocycles. The zero-order valence-electron chi connectivity index (χ0n) is 10.8. The van der Waals surface area contributed by atoms with Crippen LogP contribution >= 0.6 is 11.6 Å². The molecule has 19 heavy (non-hydrogen) atoms. The van der Waals surface area contributed by atoms with E-state index >= 15 is 0 Å². The highest BCUT2D eigenvalue weighted by Crippen LogP contribution is 2.40. The van der Waals surface area contributed by atoms with Crippen molar-refractivity contribution in [2.24, 2.45) is 0 Å². The van der Waals surface area contributed by atoms with Crippen molar-refractivity contribution in [2.75, 3.05) is 0 Å². The lowest BCUT2D eigenvalue weighted by Gasteiger charge is -2.25. The molecule has 1 unspecified atom stereocenters. The van der Waals surface area contributed by atoms with E-state index in [0.717, 1.165) is 0 Å². The van der Waals surface area contributed by atoms with Crippen LogP contribution in [0.2, 0.25) is 0 Å². The van der Waals surface area contributed by atoms with Crippen molar-refractivity contribution >= 4 is 17.6 Å². The number of esters is 1. The maximum atomic E-state index is 14.4. The molecule has 0 amide bonds. The second kappa shape index (κ2) is 5.47. The molecule has 5 heteroatoms. The third-order valence-electron chi connectivity index (χ3n) is 3.28. The van der Waals surface area contributed by atoms with Crippen molar-refractivity contribution in [1.29, 1.82) is 0 Å². The van der Waals surface area contributed by atoms with Crippen LogP contribution in [0, 0.1) is 0 Å². The molecule has 0 spiro atoms. The number of halogens is 2. The zero-order chi connectivity index (χ0) is 14.0. The lowest BCUT2D eigenvalue weighted by atomic mass is 9.99. The molecule has 2 rings (SSSR count). The van der Waals surface area contributed by atoms with E-state index in [4.69, 9.17) is 21.1 Å². The van der Waals surface area contributed by atoms with E-state index in [9.17, 15) is 9.18 Å². The van der Waals surface area contributed by atoms with Crippen molar-refractivity contribution in [1.82, 2.24) is 0 Å². The third kappa shape index (κ3) is 2.74. The summed E-state index contributed by atoms with van der Waals surface area (Å²) in [6.45, 7) is 3.13. The Morgan fingerprint density at radius 1 is 1.47 bits per heavy atom. The first kappa shape index (κ1) is 14.3. The van der Waals surface area contributed by atoms with Gasteiger partial charge in [0, 0.05) is 0 Å². The molecule has 1 aromatic rings. The van der Waals surface area contributed by atoms with Gasteiger partial charge in [-0.3, -0.25) is 0 Å². The fraction of sp³-hybridized carbons (Fsp3) is 0.500. The summed E-state index contributed by atoms with van der Waals surface area (Å²) in [4.78, 5) is 12.0. The Kier molecular flexibility index (Phi) is 4.11. The lowest BCUT2D eigenvalue weighted by molar-refractivity contribution is -0.0243. The number of hydrogen-bond donors (Lipinski definition) is 0. The Labute approximate surface area is 116 Å². The first-order valence-corrected chi connectivity index (χ1v) is 6.65. The van der Waals surface area contributed by atoms with Crippen LogP contribution in [0.4, 0.5) is 4.39 Å². The maximum Gasteiger partial charge on any atom is 0.338 e. The highest BCUT2D eigenvalue weighted by atomic mass is 35.5. The minimum absolute atomic E-state index is 0.381. The van der Waals surface area contributed by atoms with Crippen LogP contribution in [0.3, 0.4) is 0 Å². The van der Waals surface area contributed by atoms with Gasteiger partial charge in [0.25, 0.3) is 0 Å². The quantitative estimate of drug-likeness (QED) is 0.632. The van der Waals surface area contributed by atoms with Gasteiger partial charge >= 0.3 is 5.97 Å². The van der Waals surface area contributed by atoms with Crippen molar-refractivity contribution in [3.05, 3.63) is 35.9 Å². The monoisotopic (exact) mass is 286 g/mol. The fourth-order valence-corrected chi connectivity index (χ4v) is 2.37. The van der Waals surface area contributed by atoms with E-state index < -0.39 is 29.4 Å². The lowest BCUT2D eigenvalue weighted by Crippen LogP contribution is -2.42. The van der Waals surface area contributed by atoms with Gasteiger partial charge in [-0.1, -0.05) is 36.7 Å². The normalized spacial score (nSPS) is 34.2. The van der Waals surface area contributed by atoms with Crippen LogP contribution in [0.15, 0.2) is 30.3 Å². The Morgan fingerprint density at radius 3 is 2.68 bits per heavy atom. The van der Waals surface area contributed by atoms with E-state index in [-0.39, 0.29) is 0 Å². The molecule has 0 bridgehead atoms. The summed E-state index contributed by atoms with van der Waals surface area (Å²) in [6, 6.07) is 8.47. The van der Waals surface area contributed by atoms with Crippen LogP contribution in [-0.4, -0.2) is 29.4 Å². The highest BCUT2D eigenvalue weighted by Gasteiger charge is 2.55. The second-order valence-corrected chi connectivity index (χ2v) is 5.14. The number of carbonyl (C=O) groups is 1. The number of ether oxygens (including phenoxy) is 2. The molecule has 104 valence electrons.